The van der Waals surface area contributed by atoms with Crippen LogP contribution in [0.25, 0.3) is 0 Å². The molecule has 62 valence electrons. The maximum absolute atomic E-state index is 3.71. The Kier molecular flexibility index (Phi) is 5.42. The zero-order valence-corrected chi connectivity index (χ0v) is 9.11. The summed E-state index contributed by atoms with van der Waals surface area (Å²) in [6.07, 6.45) is 2.64. The third-order valence-electron chi connectivity index (χ3n) is 1.92. The van der Waals surface area contributed by atoms with E-state index in [4.69, 9.17) is 0 Å². The van der Waals surface area contributed by atoms with Crippen molar-refractivity contribution in [3.8, 4) is 0 Å². The molecule has 0 aromatic carbocycles. The predicted molar refractivity (Wildman–Crippen MR) is 51.6 cm³/mol. The second-order valence-electron chi connectivity index (χ2n) is 3.45. The van der Waals surface area contributed by atoms with Gasteiger partial charge in [-0.3, -0.25) is 0 Å². The lowest BCUT2D eigenvalue weighted by atomic mass is 9.95. The average Bonchev–Trinajstić information content (AvgIpc) is 1.87. The summed E-state index contributed by atoms with van der Waals surface area (Å²) in [6, 6.07) is 0. The maximum atomic E-state index is 3.71. The van der Waals surface area contributed by atoms with E-state index >= 15 is 0 Å². The van der Waals surface area contributed by atoms with Crippen LogP contribution in [0.1, 0.15) is 40.5 Å². The molecule has 0 aliphatic heterocycles. The summed E-state index contributed by atoms with van der Waals surface area (Å²) in [7, 11) is 0. The molecule has 0 aromatic rings. The molecule has 10 heavy (non-hydrogen) atoms. The number of hydrogen-bond donors (Lipinski definition) is 0. The molecule has 0 bridgehead atoms. The summed E-state index contributed by atoms with van der Waals surface area (Å²) >= 11 is 3.71. The molecule has 0 aromatic heterocycles. The number of rotatable bonds is 4. The molecular formula is C9H19Br. The van der Waals surface area contributed by atoms with Crippen molar-refractivity contribution < 1.29 is 0 Å². The zero-order valence-electron chi connectivity index (χ0n) is 7.52. The van der Waals surface area contributed by atoms with Crippen molar-refractivity contribution in [2.45, 2.75) is 45.4 Å². The van der Waals surface area contributed by atoms with Crippen LogP contribution < -0.4 is 0 Å². The van der Waals surface area contributed by atoms with Gasteiger partial charge in [-0.1, -0.05) is 50.0 Å². The van der Waals surface area contributed by atoms with E-state index in [1.165, 1.54) is 12.8 Å². The molecule has 0 heterocycles. The fourth-order valence-corrected chi connectivity index (χ4v) is 1.54. The smallest absolute Gasteiger partial charge is 0.0194 e. The van der Waals surface area contributed by atoms with Gasteiger partial charge >= 0.3 is 0 Å². The van der Waals surface area contributed by atoms with Crippen molar-refractivity contribution >= 4 is 15.9 Å². The largest absolute Gasteiger partial charge is 0.0885 e. The Labute approximate surface area is 73.5 Å². The summed E-state index contributed by atoms with van der Waals surface area (Å²) < 4.78 is 0. The Balaban J connectivity index is 3.58. The molecule has 0 N–H and O–H groups in total. The SMILES string of the molecule is CCCC(C)C(Br)C(C)C. The number of halogens is 1. The van der Waals surface area contributed by atoms with E-state index in [1.807, 2.05) is 0 Å². The Morgan fingerprint density at radius 3 is 2.00 bits per heavy atom. The Bertz CT molecular complexity index is 78.8. The number of hydrogen-bond acceptors (Lipinski definition) is 0. The van der Waals surface area contributed by atoms with Crippen LogP contribution in [0.3, 0.4) is 0 Å². The highest BCUT2D eigenvalue weighted by atomic mass is 79.9. The van der Waals surface area contributed by atoms with Crippen LogP contribution in [0.5, 0.6) is 0 Å². The molecule has 0 radical (unpaired) electrons. The lowest BCUT2D eigenvalue weighted by Gasteiger charge is -2.20. The van der Waals surface area contributed by atoms with E-state index < -0.39 is 0 Å². The molecule has 2 unspecified atom stereocenters. The van der Waals surface area contributed by atoms with Crippen molar-refractivity contribution in [1.29, 1.82) is 0 Å². The third-order valence-corrected chi connectivity index (χ3v) is 3.88. The summed E-state index contributed by atoms with van der Waals surface area (Å²) in [5.74, 6) is 1.59. The van der Waals surface area contributed by atoms with E-state index in [0.29, 0.717) is 4.83 Å². The lowest BCUT2D eigenvalue weighted by molar-refractivity contribution is 0.434. The van der Waals surface area contributed by atoms with E-state index in [1.54, 1.807) is 0 Å². The van der Waals surface area contributed by atoms with Crippen LogP contribution in [-0.2, 0) is 0 Å². The van der Waals surface area contributed by atoms with Crippen molar-refractivity contribution in [2.24, 2.45) is 11.8 Å². The molecule has 2 atom stereocenters. The average molecular weight is 207 g/mol. The summed E-state index contributed by atoms with van der Waals surface area (Å²) in [4.78, 5) is 0.701. The summed E-state index contributed by atoms with van der Waals surface area (Å²) in [6.45, 7) is 9.11. The van der Waals surface area contributed by atoms with E-state index in [-0.39, 0.29) is 0 Å². The highest BCUT2D eigenvalue weighted by Crippen LogP contribution is 2.24. The first-order valence-corrected chi connectivity index (χ1v) is 5.15. The van der Waals surface area contributed by atoms with Crippen LogP contribution in [-0.4, -0.2) is 4.83 Å². The molecule has 0 fully saturated rings. The van der Waals surface area contributed by atoms with Gasteiger partial charge in [0.2, 0.25) is 0 Å². The van der Waals surface area contributed by atoms with Crippen molar-refractivity contribution in [3.05, 3.63) is 0 Å². The maximum Gasteiger partial charge on any atom is 0.0194 e. The zero-order chi connectivity index (χ0) is 8.15. The Morgan fingerprint density at radius 1 is 1.20 bits per heavy atom. The molecular weight excluding hydrogens is 188 g/mol. The molecule has 0 aliphatic carbocycles. The quantitative estimate of drug-likeness (QED) is 0.614. The Morgan fingerprint density at radius 2 is 1.70 bits per heavy atom. The highest BCUT2D eigenvalue weighted by molar-refractivity contribution is 9.09. The summed E-state index contributed by atoms with van der Waals surface area (Å²) in [5, 5.41) is 0. The van der Waals surface area contributed by atoms with Gasteiger partial charge in [0.1, 0.15) is 0 Å². The lowest BCUT2D eigenvalue weighted by Crippen LogP contribution is -2.16. The minimum absolute atomic E-state index is 0.701. The van der Waals surface area contributed by atoms with Crippen LogP contribution >= 0.6 is 15.9 Å². The van der Waals surface area contributed by atoms with Crippen molar-refractivity contribution in [3.63, 3.8) is 0 Å². The first kappa shape index (κ1) is 10.5. The first-order valence-electron chi connectivity index (χ1n) is 4.23. The fraction of sp³-hybridized carbons (Fsp3) is 1.00. The third kappa shape index (κ3) is 3.60. The minimum atomic E-state index is 0.701. The van der Waals surface area contributed by atoms with Gasteiger partial charge < -0.3 is 0 Å². The van der Waals surface area contributed by atoms with Crippen molar-refractivity contribution in [2.75, 3.05) is 0 Å². The molecule has 0 aliphatic rings. The van der Waals surface area contributed by atoms with Gasteiger partial charge in [-0.2, -0.15) is 0 Å². The standard InChI is InChI=1S/C9H19Br/c1-5-6-8(4)9(10)7(2)3/h7-9H,5-6H2,1-4H3. The van der Waals surface area contributed by atoms with Gasteiger partial charge in [0.15, 0.2) is 0 Å². The molecule has 0 saturated heterocycles. The van der Waals surface area contributed by atoms with Crippen LogP contribution in [0, 0.1) is 11.8 Å². The molecule has 0 nitrogen and oxygen atoms in total. The van der Waals surface area contributed by atoms with Gasteiger partial charge in [0.25, 0.3) is 0 Å². The second kappa shape index (κ2) is 5.17. The van der Waals surface area contributed by atoms with Gasteiger partial charge in [0, 0.05) is 4.83 Å². The number of alkyl halides is 1. The molecule has 0 saturated carbocycles. The monoisotopic (exact) mass is 206 g/mol. The second-order valence-corrected chi connectivity index (χ2v) is 4.51. The molecule has 0 amide bonds. The molecule has 1 heteroatoms. The summed E-state index contributed by atoms with van der Waals surface area (Å²) in [5.41, 5.74) is 0. The van der Waals surface area contributed by atoms with Gasteiger partial charge in [-0.25, -0.2) is 0 Å². The normalized spacial score (nSPS) is 17.4. The molecule has 0 rings (SSSR count). The highest BCUT2D eigenvalue weighted by Gasteiger charge is 2.15. The van der Waals surface area contributed by atoms with E-state index in [2.05, 4.69) is 43.6 Å². The van der Waals surface area contributed by atoms with E-state index in [0.717, 1.165) is 11.8 Å². The fourth-order valence-electron chi connectivity index (χ4n) is 1.27. The van der Waals surface area contributed by atoms with E-state index in [9.17, 15) is 0 Å². The van der Waals surface area contributed by atoms with Gasteiger partial charge in [-0.15, -0.1) is 0 Å². The minimum Gasteiger partial charge on any atom is -0.0885 e. The van der Waals surface area contributed by atoms with Gasteiger partial charge in [-0.05, 0) is 18.3 Å². The Hall–Kier alpha value is 0.480. The molecule has 0 spiro atoms. The van der Waals surface area contributed by atoms with Crippen molar-refractivity contribution in [1.82, 2.24) is 0 Å². The predicted octanol–water partition coefficient (Wildman–Crippen LogP) is 3.84. The topological polar surface area (TPSA) is 0 Å². The van der Waals surface area contributed by atoms with Crippen LogP contribution in [0.4, 0.5) is 0 Å². The van der Waals surface area contributed by atoms with Gasteiger partial charge in [0.05, 0.1) is 0 Å². The first-order chi connectivity index (χ1) is 4.59. The van der Waals surface area contributed by atoms with Crippen LogP contribution in [0.15, 0.2) is 0 Å². The van der Waals surface area contributed by atoms with Crippen LogP contribution in [0.2, 0.25) is 0 Å².